The molecule has 0 aromatic carbocycles. The highest BCUT2D eigenvalue weighted by atomic mass is 19.4. The van der Waals surface area contributed by atoms with Gasteiger partial charge >= 0.3 is 36.3 Å². The molecule has 16 aliphatic heterocycles. The van der Waals surface area contributed by atoms with Gasteiger partial charge in [-0.3, -0.25) is 43.8 Å². The molecule has 0 aromatic rings. The van der Waals surface area contributed by atoms with Crippen LogP contribution in [0.25, 0.3) is 0 Å². The summed E-state index contributed by atoms with van der Waals surface area (Å²) in [6.07, 6.45) is 11.4. The second-order valence-electron chi connectivity index (χ2n) is 45.0. The Balaban J connectivity index is 0.000000174. The van der Waals surface area contributed by atoms with Crippen molar-refractivity contribution in [2.24, 2.45) is 23.2 Å². The molecular formula is C102H190F4N22O8. The average Bonchev–Trinajstić information content (AvgIpc) is 1.66. The van der Waals surface area contributed by atoms with E-state index in [4.69, 9.17) is 0 Å². The highest BCUT2D eigenvalue weighted by Gasteiger charge is 2.47. The Labute approximate surface area is 819 Å². The van der Waals surface area contributed by atoms with Gasteiger partial charge in [-0.25, -0.2) is 28.4 Å². The third-order valence-corrected chi connectivity index (χ3v) is 31.8. The van der Waals surface area contributed by atoms with Gasteiger partial charge < -0.3 is 78.8 Å². The third kappa shape index (κ3) is 34.5. The summed E-state index contributed by atoms with van der Waals surface area (Å²) < 4.78 is 50.9. The molecule has 0 bridgehead atoms. The van der Waals surface area contributed by atoms with Gasteiger partial charge in [-0.15, -0.1) is 0 Å². The van der Waals surface area contributed by atoms with Crippen LogP contribution in [0.5, 0.6) is 0 Å². The Bertz CT molecular complexity index is 3440. The maximum atomic E-state index is 13.0. The first-order chi connectivity index (χ1) is 64.4. The molecule has 0 aromatic heterocycles. The van der Waals surface area contributed by atoms with Gasteiger partial charge in [-0.05, 0) is 259 Å². The molecule has 0 aliphatic carbocycles. The van der Waals surface area contributed by atoms with E-state index in [1.54, 1.807) is 9.80 Å². The van der Waals surface area contributed by atoms with Crippen LogP contribution >= 0.6 is 0 Å². The first-order valence-electron chi connectivity index (χ1n) is 53.8. The third-order valence-electron chi connectivity index (χ3n) is 31.8. The lowest BCUT2D eigenvalue weighted by atomic mass is 9.93. The van der Waals surface area contributed by atoms with E-state index in [1.165, 1.54) is 43.4 Å². The quantitative estimate of drug-likeness (QED) is 0.190. The summed E-state index contributed by atoms with van der Waals surface area (Å²) in [5, 5.41) is 3.28. The average molecular weight is 1930 g/mol. The minimum absolute atomic E-state index is 0.0218. The molecule has 4 atom stereocenters. The van der Waals surface area contributed by atoms with Crippen LogP contribution in [-0.4, -0.2) is 498 Å². The van der Waals surface area contributed by atoms with Crippen LogP contribution in [0.3, 0.4) is 0 Å². The van der Waals surface area contributed by atoms with Gasteiger partial charge in [-0.2, -0.15) is 13.2 Å². The molecule has 784 valence electrons. The van der Waals surface area contributed by atoms with Crippen LogP contribution in [0, 0.1) is 23.2 Å². The van der Waals surface area contributed by atoms with Crippen LogP contribution in [0.1, 0.15) is 241 Å². The number of halogens is 4. The van der Waals surface area contributed by atoms with Crippen LogP contribution in [0.2, 0.25) is 0 Å². The summed E-state index contributed by atoms with van der Waals surface area (Å²) in [4.78, 5) is 142. The molecule has 13 amide bonds. The van der Waals surface area contributed by atoms with Crippen molar-refractivity contribution in [3.8, 4) is 0 Å². The number of piperidine rings is 1. The number of hydrogen-bond acceptors (Lipinski definition) is 17. The van der Waals surface area contributed by atoms with Gasteiger partial charge in [0.05, 0.1) is 24.4 Å². The van der Waals surface area contributed by atoms with Crippen LogP contribution in [0.4, 0.5) is 41.5 Å². The largest absolute Gasteiger partial charge is 0.393 e. The Morgan fingerprint density at radius 3 is 0.897 bits per heavy atom. The molecule has 16 saturated heterocycles. The highest BCUT2D eigenvalue weighted by molar-refractivity contribution is 5.83. The van der Waals surface area contributed by atoms with Crippen molar-refractivity contribution in [3.63, 3.8) is 0 Å². The van der Waals surface area contributed by atoms with Crippen molar-refractivity contribution in [2.45, 2.75) is 313 Å². The minimum atomic E-state index is -4.19. The van der Waals surface area contributed by atoms with Crippen molar-refractivity contribution in [2.75, 3.05) is 275 Å². The highest BCUT2D eigenvalue weighted by Crippen LogP contribution is 2.36. The molecule has 0 spiro atoms. The number of urea groups is 5. The summed E-state index contributed by atoms with van der Waals surface area (Å²) in [6, 6.07) is 5.22. The molecule has 16 fully saturated rings. The zero-order chi connectivity index (χ0) is 99.5. The molecule has 0 radical (unpaired) electrons. The fourth-order valence-corrected chi connectivity index (χ4v) is 21.9. The predicted molar refractivity (Wildman–Crippen MR) is 536 cm³/mol. The Kier molecular flexibility index (Phi) is 45.6. The molecule has 0 saturated carbocycles. The Morgan fingerprint density at radius 2 is 0.581 bits per heavy atom. The number of nitrogens with zero attached hydrogens (tertiary/aromatic N) is 21. The molecule has 16 aliphatic rings. The summed E-state index contributed by atoms with van der Waals surface area (Å²) in [5.41, 5.74) is 0.349. The van der Waals surface area contributed by atoms with E-state index >= 15 is 0 Å². The number of piperazine rings is 6. The number of alkyl halides is 4. The number of nitrogens with one attached hydrogen (secondary N) is 1. The van der Waals surface area contributed by atoms with Gasteiger partial charge in [0, 0.05) is 302 Å². The maximum Gasteiger partial charge on any atom is 0.393 e. The molecule has 16 rings (SSSR count). The predicted octanol–water partition coefficient (Wildman–Crippen LogP) is 11.7. The monoisotopic (exact) mass is 1930 g/mol. The topological polar surface area (TPSA) is 217 Å². The first kappa shape index (κ1) is 114. The van der Waals surface area contributed by atoms with E-state index < -0.39 is 18.3 Å². The zero-order valence-electron chi connectivity index (χ0n) is 88.7. The van der Waals surface area contributed by atoms with E-state index in [0.29, 0.717) is 103 Å². The van der Waals surface area contributed by atoms with Gasteiger partial charge in [0.1, 0.15) is 6.17 Å². The molecule has 30 nitrogen and oxygen atoms in total. The van der Waals surface area contributed by atoms with Gasteiger partial charge in [-0.1, -0.05) is 13.8 Å². The fraction of sp³-hybridized carbons (Fsp3) is 0.922. The van der Waals surface area contributed by atoms with E-state index in [2.05, 4.69) is 198 Å². The summed E-state index contributed by atoms with van der Waals surface area (Å²) in [6.45, 7) is 80.4. The van der Waals surface area contributed by atoms with E-state index in [0.717, 1.165) is 287 Å². The summed E-state index contributed by atoms with van der Waals surface area (Å²) in [7, 11) is 0. The molecular weight excluding hydrogens is 1740 g/mol. The summed E-state index contributed by atoms with van der Waals surface area (Å²) >= 11 is 0. The Morgan fingerprint density at radius 1 is 0.272 bits per heavy atom. The van der Waals surface area contributed by atoms with Crippen molar-refractivity contribution < 1.29 is 55.9 Å². The standard InChI is InChI=1S/2C14H27N3O.C13H22F3N3O.C13H24N2O.C12H22FN3O.2C12H23N3O.C12H22N2O/c1-12(2)15-7-9-16(10-8-15)13(18)17-6-5-14(3,4)11-17;1-12(2)15-8-10-16(11-9-15)13(18)17-7-5-6-14(17,3)4;1-10(2)17-5-7-18(8-6-17)12(20)19-4-3-11(9-19)13(14,15)16;1-11(2)14-9-5-12(6-10-14)13(16)15-7-3-4-8-15;1-10(2)14-5-7-15(8-6-14)12(17)16-4-3-11(13)9-16;1-10(2)14-6-8-15(9-7-14)12(16)11-4-3-5-13-11;1-11(2)13-7-9-15(10-8-13)12(16)14-5-3-4-6-14;1-10(2)14-8-5-11(9-14)12(15)13-6-3-4-7-13/h2*12H,5-11H2,1-4H3;10-11H,3-9H2,1-2H3;11-12H,3-10H2,1-2H3;10-11H,3-9H2,1-2H3;10-11,13H,3-9H2,1-2H3;11H,3-10H2,1-2H3;10-11H,3-9H2,1-2H3. The lowest BCUT2D eigenvalue weighted by molar-refractivity contribution is -0.170. The molecule has 16 heterocycles. The normalized spacial score (nSPS) is 25.7. The lowest BCUT2D eigenvalue weighted by Crippen LogP contribution is -2.56. The van der Waals surface area contributed by atoms with Gasteiger partial charge in [0.15, 0.2) is 0 Å². The lowest BCUT2D eigenvalue weighted by Gasteiger charge is -2.41. The number of hydrogen-bond donors (Lipinski definition) is 1. The second kappa shape index (κ2) is 54.5. The zero-order valence-corrected chi connectivity index (χ0v) is 88.7. The number of rotatable bonds is 11. The van der Waals surface area contributed by atoms with Crippen molar-refractivity contribution in [1.82, 2.24) is 108 Å². The smallest absolute Gasteiger partial charge is 0.342 e. The van der Waals surface area contributed by atoms with Gasteiger partial charge in [0.25, 0.3) is 0 Å². The van der Waals surface area contributed by atoms with Crippen LogP contribution < -0.4 is 5.32 Å². The van der Waals surface area contributed by atoms with Crippen molar-refractivity contribution in [1.29, 1.82) is 0 Å². The van der Waals surface area contributed by atoms with E-state index in [-0.39, 0.29) is 73.7 Å². The second-order valence-corrected chi connectivity index (χ2v) is 45.0. The number of carbonyl (C=O) groups is 8. The van der Waals surface area contributed by atoms with Crippen molar-refractivity contribution >= 4 is 47.9 Å². The Hall–Kier alpha value is -5.88. The number of carbonyl (C=O) groups excluding carboxylic acids is 8. The minimum Gasteiger partial charge on any atom is -0.342 e. The maximum absolute atomic E-state index is 13.0. The molecule has 1 N–H and O–H groups in total. The van der Waals surface area contributed by atoms with E-state index in [1.807, 2.05) is 34.3 Å². The molecule has 136 heavy (non-hydrogen) atoms. The van der Waals surface area contributed by atoms with E-state index in [9.17, 15) is 55.9 Å². The summed E-state index contributed by atoms with van der Waals surface area (Å²) in [5.74, 6) is 0.402. The van der Waals surface area contributed by atoms with Crippen LogP contribution in [-0.2, 0) is 14.4 Å². The van der Waals surface area contributed by atoms with Crippen LogP contribution in [0.15, 0.2) is 0 Å². The molecule has 4 unspecified atom stereocenters. The van der Waals surface area contributed by atoms with Gasteiger partial charge in [0.2, 0.25) is 17.7 Å². The SMILES string of the molecule is CC(C)N1CCC(C(=O)N2CCCC2)C1.CC(C)N1CCC(C(=O)N2CCCC2)CC1.CC(C)N1CCN(C(=O)C2CCCN2)CC1.CC(C)N1CCN(C(=O)N2CCC(C(F)(F)F)C2)CC1.CC(C)N1CCN(C(=O)N2CCC(C)(C)C2)CC1.CC(C)N1CCN(C(=O)N2CCC(F)C2)CC1.CC(C)N1CCN(C(=O)N2CCCC2(C)C)CC1.CC(C)N1CCN(C(=O)N2CCCC2)CC1. The number of likely N-dealkylation sites (tertiary alicyclic amines) is 9. The van der Waals surface area contributed by atoms with Crippen molar-refractivity contribution in [3.05, 3.63) is 0 Å². The molecule has 34 heteroatoms. The number of amides is 13. The first-order valence-corrected chi connectivity index (χ1v) is 53.8. The fourth-order valence-electron chi connectivity index (χ4n) is 21.9.